The molecule has 0 unspecified atom stereocenters. The molecule has 0 bridgehead atoms. The Bertz CT molecular complexity index is 1020. The number of nitrogens with zero attached hydrogens (tertiary/aromatic N) is 3. The number of hydrogen-bond donors (Lipinski definition) is 3. The monoisotopic (exact) mass is 450 g/mol. The minimum atomic E-state index is -0.291. The molecule has 1 aromatic carbocycles. The Morgan fingerprint density at radius 1 is 1.09 bits per heavy atom. The van der Waals surface area contributed by atoms with Crippen molar-refractivity contribution in [3.63, 3.8) is 0 Å². The molecule has 168 valence electrons. The Balaban J connectivity index is 1.65. The second kappa shape index (κ2) is 11.3. The quantitative estimate of drug-likeness (QED) is 0.377. The van der Waals surface area contributed by atoms with E-state index in [0.29, 0.717) is 23.6 Å². The van der Waals surface area contributed by atoms with Gasteiger partial charge in [0.2, 0.25) is 0 Å². The zero-order chi connectivity index (χ0) is 22.9. The number of hydrogen-bond acceptors (Lipinski definition) is 7. The number of amides is 1. The van der Waals surface area contributed by atoms with Crippen molar-refractivity contribution < 1.29 is 4.79 Å². The molecule has 0 saturated carbocycles. The number of aromatic nitrogens is 1. The highest BCUT2D eigenvalue weighted by atomic mass is 32.1. The number of carbonyl (C=O) groups is 1. The standard InChI is InChI=1S/C24H30N6OS/c1-18(27-23-10-6-15-32-23)30(14-7-13-29(2)3)17-19-11-12-22(26-16-19)24(31)28-21-9-5-4-8-20(21)25/h4-6,8-12,15-16,27H,1,7,13-14,17,25H2,2-3H3,(H,28,31). The van der Waals surface area contributed by atoms with Crippen LogP contribution in [0.4, 0.5) is 16.4 Å². The fourth-order valence-electron chi connectivity index (χ4n) is 3.13. The second-order valence-electron chi connectivity index (χ2n) is 7.72. The first kappa shape index (κ1) is 23.3. The van der Waals surface area contributed by atoms with Crippen molar-refractivity contribution in [3.05, 3.63) is 83.8 Å². The van der Waals surface area contributed by atoms with Crippen LogP contribution in [0.15, 0.2) is 72.5 Å². The molecule has 7 nitrogen and oxygen atoms in total. The predicted octanol–water partition coefficient (Wildman–Crippen LogP) is 4.31. The topological polar surface area (TPSA) is 86.5 Å². The lowest BCUT2D eigenvalue weighted by molar-refractivity contribution is 0.102. The molecule has 0 aliphatic heterocycles. The van der Waals surface area contributed by atoms with Gasteiger partial charge in [0, 0.05) is 19.3 Å². The van der Waals surface area contributed by atoms with Crippen LogP contribution in [0, 0.1) is 0 Å². The number of nitrogen functional groups attached to an aromatic ring is 1. The van der Waals surface area contributed by atoms with Crippen LogP contribution in [-0.4, -0.2) is 47.9 Å². The Morgan fingerprint density at radius 3 is 2.56 bits per heavy atom. The molecule has 0 spiro atoms. The van der Waals surface area contributed by atoms with Gasteiger partial charge in [-0.2, -0.15) is 0 Å². The minimum Gasteiger partial charge on any atom is -0.397 e. The maximum absolute atomic E-state index is 12.5. The number of pyridine rings is 1. The molecule has 4 N–H and O–H groups in total. The van der Waals surface area contributed by atoms with E-state index in [9.17, 15) is 4.79 Å². The molecule has 0 aliphatic rings. The van der Waals surface area contributed by atoms with Crippen LogP contribution >= 0.6 is 11.3 Å². The fourth-order valence-corrected chi connectivity index (χ4v) is 3.77. The molecular weight excluding hydrogens is 420 g/mol. The summed E-state index contributed by atoms with van der Waals surface area (Å²) in [6.07, 6.45) is 2.74. The Hall–Kier alpha value is -3.36. The first-order valence-electron chi connectivity index (χ1n) is 10.4. The van der Waals surface area contributed by atoms with E-state index in [4.69, 9.17) is 5.73 Å². The molecule has 1 amide bonds. The molecule has 0 radical (unpaired) electrons. The summed E-state index contributed by atoms with van der Waals surface area (Å²) in [7, 11) is 4.14. The van der Waals surface area contributed by atoms with Crippen LogP contribution < -0.4 is 16.4 Å². The summed E-state index contributed by atoms with van der Waals surface area (Å²) in [5.74, 6) is 0.550. The lowest BCUT2D eigenvalue weighted by atomic mass is 10.2. The summed E-state index contributed by atoms with van der Waals surface area (Å²) in [6, 6.07) is 14.8. The van der Waals surface area contributed by atoms with Crippen molar-refractivity contribution >= 4 is 33.6 Å². The zero-order valence-electron chi connectivity index (χ0n) is 18.5. The lowest BCUT2D eigenvalue weighted by Crippen LogP contribution is -2.29. The van der Waals surface area contributed by atoms with E-state index in [1.54, 1.807) is 35.7 Å². The third kappa shape index (κ3) is 6.83. The molecule has 0 fully saturated rings. The molecule has 0 atom stereocenters. The summed E-state index contributed by atoms with van der Waals surface area (Å²) in [5.41, 5.74) is 8.33. The van der Waals surface area contributed by atoms with Crippen LogP contribution in [0.1, 0.15) is 22.5 Å². The summed E-state index contributed by atoms with van der Waals surface area (Å²) in [6.45, 7) is 6.72. The highest BCUT2D eigenvalue weighted by Gasteiger charge is 2.13. The molecule has 2 aromatic heterocycles. The van der Waals surface area contributed by atoms with Crippen LogP contribution in [0.3, 0.4) is 0 Å². The van der Waals surface area contributed by atoms with Gasteiger partial charge in [-0.1, -0.05) is 24.8 Å². The molecule has 3 rings (SSSR count). The van der Waals surface area contributed by atoms with Gasteiger partial charge in [0.15, 0.2) is 0 Å². The number of nitrogens with two attached hydrogens (primary N) is 1. The smallest absolute Gasteiger partial charge is 0.274 e. The number of benzene rings is 1. The van der Waals surface area contributed by atoms with Gasteiger partial charge in [-0.25, -0.2) is 0 Å². The van der Waals surface area contributed by atoms with Gasteiger partial charge in [0.1, 0.15) is 5.69 Å². The summed E-state index contributed by atoms with van der Waals surface area (Å²) in [4.78, 5) is 21.3. The van der Waals surface area contributed by atoms with Gasteiger partial charge in [0.05, 0.1) is 22.2 Å². The fraction of sp³-hybridized carbons (Fsp3) is 0.250. The van der Waals surface area contributed by atoms with E-state index in [-0.39, 0.29) is 5.91 Å². The normalized spacial score (nSPS) is 10.7. The molecule has 2 heterocycles. The Kier molecular flexibility index (Phi) is 8.24. The summed E-state index contributed by atoms with van der Waals surface area (Å²) < 4.78 is 0. The van der Waals surface area contributed by atoms with E-state index in [0.717, 1.165) is 35.9 Å². The number of rotatable bonds is 11. The number of para-hydroxylation sites is 2. The van der Waals surface area contributed by atoms with E-state index < -0.39 is 0 Å². The molecular formula is C24H30N6OS. The third-order valence-electron chi connectivity index (χ3n) is 4.84. The van der Waals surface area contributed by atoms with Crippen molar-refractivity contribution in [1.82, 2.24) is 14.8 Å². The average molecular weight is 451 g/mol. The van der Waals surface area contributed by atoms with Gasteiger partial charge in [-0.15, -0.1) is 11.3 Å². The van der Waals surface area contributed by atoms with Crippen molar-refractivity contribution in [1.29, 1.82) is 0 Å². The van der Waals surface area contributed by atoms with Crippen LogP contribution in [-0.2, 0) is 6.54 Å². The summed E-state index contributed by atoms with van der Waals surface area (Å²) in [5, 5.41) is 9.27. The van der Waals surface area contributed by atoms with E-state index in [2.05, 4.69) is 46.1 Å². The lowest BCUT2D eigenvalue weighted by Gasteiger charge is -2.27. The SMILES string of the molecule is C=C(Nc1cccs1)N(CCCN(C)C)Cc1ccc(C(=O)Nc2ccccc2N)nc1. The van der Waals surface area contributed by atoms with E-state index in [1.165, 1.54) is 0 Å². The third-order valence-corrected chi connectivity index (χ3v) is 5.63. The maximum atomic E-state index is 12.5. The van der Waals surface area contributed by atoms with Crippen LogP contribution in [0.5, 0.6) is 0 Å². The largest absolute Gasteiger partial charge is 0.397 e. The van der Waals surface area contributed by atoms with Crippen molar-refractivity contribution in [2.75, 3.05) is 43.6 Å². The van der Waals surface area contributed by atoms with Crippen LogP contribution in [0.2, 0.25) is 0 Å². The molecule has 3 aromatic rings. The Morgan fingerprint density at radius 2 is 1.91 bits per heavy atom. The molecule has 32 heavy (non-hydrogen) atoms. The highest BCUT2D eigenvalue weighted by molar-refractivity contribution is 7.14. The molecule has 8 heteroatoms. The highest BCUT2D eigenvalue weighted by Crippen LogP contribution is 2.20. The minimum absolute atomic E-state index is 0.291. The van der Waals surface area contributed by atoms with Gasteiger partial charge >= 0.3 is 0 Å². The number of nitrogens with one attached hydrogen (secondary N) is 2. The van der Waals surface area contributed by atoms with Gasteiger partial charge in [0.25, 0.3) is 5.91 Å². The molecule has 0 saturated heterocycles. The Labute approximate surface area is 193 Å². The van der Waals surface area contributed by atoms with Crippen molar-refractivity contribution in [2.45, 2.75) is 13.0 Å². The second-order valence-corrected chi connectivity index (χ2v) is 8.67. The van der Waals surface area contributed by atoms with Crippen molar-refractivity contribution in [3.8, 4) is 0 Å². The van der Waals surface area contributed by atoms with Gasteiger partial charge in [-0.3, -0.25) is 9.78 Å². The van der Waals surface area contributed by atoms with Crippen molar-refractivity contribution in [2.24, 2.45) is 0 Å². The zero-order valence-corrected chi connectivity index (χ0v) is 19.4. The van der Waals surface area contributed by atoms with Crippen LogP contribution in [0.25, 0.3) is 0 Å². The van der Waals surface area contributed by atoms with E-state index >= 15 is 0 Å². The van der Waals surface area contributed by atoms with Gasteiger partial charge < -0.3 is 26.2 Å². The maximum Gasteiger partial charge on any atom is 0.274 e. The van der Waals surface area contributed by atoms with E-state index in [1.807, 2.05) is 35.7 Å². The summed E-state index contributed by atoms with van der Waals surface area (Å²) >= 11 is 1.64. The number of anilines is 3. The molecule has 0 aliphatic carbocycles. The first-order chi connectivity index (χ1) is 15.4. The average Bonchev–Trinajstić information content (AvgIpc) is 3.28. The predicted molar refractivity (Wildman–Crippen MR) is 134 cm³/mol. The first-order valence-corrected chi connectivity index (χ1v) is 11.3. The number of thiophene rings is 1. The number of carbonyl (C=O) groups excluding carboxylic acids is 1. The van der Waals surface area contributed by atoms with Gasteiger partial charge in [-0.05, 0) is 68.3 Å².